The van der Waals surface area contributed by atoms with Gasteiger partial charge in [-0.25, -0.2) is 9.79 Å². The molecule has 0 radical (unpaired) electrons. The standard InChI is InChI=1S/C26H31N5O4S/c1-17(34-25(27)33)14-22(18-8-5-4-6-9-18)35-20-11-7-10-19(15-20)31-13-12-30(2)23-21(24(31)32)16-28-26(29-23)36-3/h4-11,15-17,22-23H,12-14H2,1-3H3,(H2,27,33)(H,28,29). The fourth-order valence-corrected chi connectivity index (χ4v) is 4.70. The van der Waals surface area contributed by atoms with Crippen LogP contribution in [-0.4, -0.2) is 60.7 Å². The van der Waals surface area contributed by atoms with Gasteiger partial charge in [0.15, 0.2) is 5.17 Å². The molecule has 1 saturated heterocycles. The lowest BCUT2D eigenvalue weighted by Gasteiger charge is -2.30. The lowest BCUT2D eigenvalue weighted by atomic mass is 10.0. The number of hydrogen-bond acceptors (Lipinski definition) is 8. The predicted molar refractivity (Wildman–Crippen MR) is 142 cm³/mol. The van der Waals surface area contributed by atoms with Crippen molar-refractivity contribution in [2.75, 3.05) is 31.3 Å². The number of nitrogens with one attached hydrogen (secondary N) is 1. The van der Waals surface area contributed by atoms with Crippen molar-refractivity contribution in [3.63, 3.8) is 0 Å². The summed E-state index contributed by atoms with van der Waals surface area (Å²) in [6.45, 7) is 2.98. The van der Waals surface area contributed by atoms with Crippen LogP contribution in [0.1, 0.15) is 25.0 Å². The predicted octanol–water partition coefficient (Wildman–Crippen LogP) is 3.49. The number of carbonyl (C=O) groups excluding carboxylic acids is 2. The molecule has 2 heterocycles. The Morgan fingerprint density at radius 3 is 2.72 bits per heavy atom. The van der Waals surface area contributed by atoms with Crippen LogP contribution in [0.4, 0.5) is 10.5 Å². The van der Waals surface area contributed by atoms with Crippen molar-refractivity contribution in [2.24, 2.45) is 10.7 Å². The molecule has 0 bridgehead atoms. The van der Waals surface area contributed by atoms with Crippen molar-refractivity contribution < 1.29 is 19.1 Å². The molecule has 1 fully saturated rings. The SMILES string of the molecule is CSC1=NC=C2C(=O)N(c3cccc(OC(CC(C)OC(N)=O)c4ccccc4)c3)CCN(C)C2N1. The minimum Gasteiger partial charge on any atom is -0.486 e. The zero-order valence-corrected chi connectivity index (χ0v) is 21.4. The van der Waals surface area contributed by atoms with Crippen LogP contribution in [0, 0.1) is 0 Å². The van der Waals surface area contributed by atoms with Gasteiger partial charge >= 0.3 is 6.09 Å². The number of amidine groups is 1. The van der Waals surface area contributed by atoms with Crippen LogP contribution in [0.25, 0.3) is 0 Å². The van der Waals surface area contributed by atoms with Crippen molar-refractivity contribution in [3.8, 4) is 5.75 Å². The molecule has 0 saturated carbocycles. The smallest absolute Gasteiger partial charge is 0.404 e. The maximum atomic E-state index is 13.5. The van der Waals surface area contributed by atoms with E-state index < -0.39 is 12.2 Å². The Morgan fingerprint density at radius 2 is 2.00 bits per heavy atom. The molecule has 190 valence electrons. The number of fused-ring (bicyclic) bond motifs is 1. The van der Waals surface area contributed by atoms with Gasteiger partial charge in [0.25, 0.3) is 5.91 Å². The average Bonchev–Trinajstić information content (AvgIpc) is 2.99. The maximum Gasteiger partial charge on any atom is 0.404 e. The lowest BCUT2D eigenvalue weighted by Crippen LogP contribution is -2.49. The van der Waals surface area contributed by atoms with E-state index in [2.05, 4.69) is 15.2 Å². The van der Waals surface area contributed by atoms with E-state index in [-0.39, 0.29) is 18.2 Å². The number of carbonyl (C=O) groups is 2. The van der Waals surface area contributed by atoms with Crippen LogP contribution in [0.15, 0.2) is 71.4 Å². The number of thioether (sulfide) groups is 1. The minimum absolute atomic E-state index is 0.0963. The normalized spacial score (nSPS) is 19.7. The highest BCUT2D eigenvalue weighted by atomic mass is 32.2. The molecule has 9 nitrogen and oxygen atoms in total. The van der Waals surface area contributed by atoms with Crippen molar-refractivity contribution in [3.05, 3.63) is 71.9 Å². The zero-order valence-electron chi connectivity index (χ0n) is 20.6. The van der Waals surface area contributed by atoms with Crippen LogP contribution >= 0.6 is 11.8 Å². The summed E-state index contributed by atoms with van der Waals surface area (Å²) >= 11 is 1.51. The summed E-state index contributed by atoms with van der Waals surface area (Å²) in [4.78, 5) is 33.0. The highest BCUT2D eigenvalue weighted by molar-refractivity contribution is 8.13. The number of nitrogens with two attached hydrogens (primary N) is 1. The Morgan fingerprint density at radius 1 is 1.22 bits per heavy atom. The number of benzene rings is 2. The molecule has 4 rings (SSSR count). The van der Waals surface area contributed by atoms with Crippen molar-refractivity contribution in [2.45, 2.75) is 31.7 Å². The summed E-state index contributed by atoms with van der Waals surface area (Å²) in [6.07, 6.45) is 2.17. The second-order valence-electron chi connectivity index (χ2n) is 8.70. The van der Waals surface area contributed by atoms with Crippen molar-refractivity contribution >= 4 is 34.6 Å². The topological polar surface area (TPSA) is 109 Å². The number of rotatable bonds is 7. The molecule has 0 aliphatic carbocycles. The van der Waals surface area contributed by atoms with Crippen molar-refractivity contribution in [1.82, 2.24) is 10.2 Å². The molecule has 10 heteroatoms. The second kappa shape index (κ2) is 11.5. The van der Waals surface area contributed by atoms with Crippen LogP contribution in [0.3, 0.4) is 0 Å². The maximum absolute atomic E-state index is 13.5. The number of ether oxygens (including phenoxy) is 2. The Hall–Kier alpha value is -3.50. The van der Waals surface area contributed by atoms with E-state index in [1.54, 1.807) is 18.0 Å². The monoisotopic (exact) mass is 509 g/mol. The van der Waals surface area contributed by atoms with Gasteiger partial charge in [-0.1, -0.05) is 48.2 Å². The number of nitrogens with zero attached hydrogens (tertiary/aromatic N) is 3. The first-order chi connectivity index (χ1) is 17.4. The Bertz CT molecular complexity index is 1160. The molecule has 2 aliphatic rings. The van der Waals surface area contributed by atoms with E-state index >= 15 is 0 Å². The quantitative estimate of drug-likeness (QED) is 0.588. The molecule has 36 heavy (non-hydrogen) atoms. The molecule has 0 spiro atoms. The Labute approximate surface area is 215 Å². The molecule has 2 aromatic carbocycles. The first-order valence-electron chi connectivity index (χ1n) is 11.7. The highest BCUT2D eigenvalue weighted by Gasteiger charge is 2.35. The average molecular weight is 510 g/mol. The molecule has 3 N–H and O–H groups in total. The number of aliphatic imine (C=N–C) groups is 1. The molecule has 2 amide bonds. The summed E-state index contributed by atoms with van der Waals surface area (Å²) in [5.41, 5.74) is 7.48. The number of amides is 2. The molecule has 3 atom stereocenters. The summed E-state index contributed by atoms with van der Waals surface area (Å²) < 4.78 is 11.5. The third kappa shape index (κ3) is 6.00. The zero-order chi connectivity index (χ0) is 25.7. The van der Waals surface area contributed by atoms with E-state index in [4.69, 9.17) is 15.2 Å². The van der Waals surface area contributed by atoms with Crippen LogP contribution in [0.2, 0.25) is 0 Å². The Balaban J connectivity index is 1.58. The van der Waals surface area contributed by atoms with E-state index in [9.17, 15) is 9.59 Å². The Kier molecular flexibility index (Phi) is 8.17. The van der Waals surface area contributed by atoms with E-state index in [1.807, 2.05) is 67.9 Å². The summed E-state index contributed by atoms with van der Waals surface area (Å²) in [6, 6.07) is 17.2. The van der Waals surface area contributed by atoms with Crippen molar-refractivity contribution in [1.29, 1.82) is 0 Å². The lowest BCUT2D eigenvalue weighted by molar-refractivity contribution is -0.115. The van der Waals surface area contributed by atoms with Gasteiger partial charge in [-0.2, -0.15) is 0 Å². The van der Waals surface area contributed by atoms with E-state index in [1.165, 1.54) is 11.8 Å². The fourth-order valence-electron chi connectivity index (χ4n) is 4.31. The van der Waals surface area contributed by atoms with Crippen LogP contribution < -0.4 is 20.7 Å². The van der Waals surface area contributed by atoms with Gasteiger partial charge in [0, 0.05) is 37.5 Å². The molecule has 2 aromatic rings. The second-order valence-corrected chi connectivity index (χ2v) is 9.50. The minimum atomic E-state index is -0.820. The van der Waals surface area contributed by atoms with Gasteiger partial charge in [-0.3, -0.25) is 9.69 Å². The number of likely N-dealkylation sites (N-methyl/N-ethyl adjacent to an activating group) is 1. The molecular weight excluding hydrogens is 478 g/mol. The van der Waals surface area contributed by atoms with Gasteiger partial charge < -0.3 is 25.4 Å². The van der Waals surface area contributed by atoms with Crippen LogP contribution in [-0.2, 0) is 9.53 Å². The molecular formula is C26H31N5O4S. The number of hydrogen-bond donors (Lipinski definition) is 2. The number of anilines is 1. The fraction of sp³-hybridized carbons (Fsp3) is 0.346. The summed E-state index contributed by atoms with van der Waals surface area (Å²) in [5.74, 6) is 0.508. The molecule has 3 unspecified atom stereocenters. The van der Waals surface area contributed by atoms with Crippen LogP contribution in [0.5, 0.6) is 5.75 Å². The summed E-state index contributed by atoms with van der Waals surface area (Å²) in [7, 11) is 1.99. The highest BCUT2D eigenvalue weighted by Crippen LogP contribution is 2.31. The number of primary amides is 1. The first kappa shape index (κ1) is 25.6. The van der Waals surface area contributed by atoms with E-state index in [0.29, 0.717) is 30.8 Å². The summed E-state index contributed by atoms with van der Waals surface area (Å²) in [5, 5.41) is 4.12. The van der Waals surface area contributed by atoms with Gasteiger partial charge in [0.05, 0.1) is 5.57 Å². The van der Waals surface area contributed by atoms with Gasteiger partial charge in [-0.15, -0.1) is 0 Å². The third-order valence-corrected chi connectivity index (χ3v) is 6.73. The van der Waals surface area contributed by atoms with Gasteiger partial charge in [-0.05, 0) is 37.9 Å². The molecule has 2 aliphatic heterocycles. The van der Waals surface area contributed by atoms with Gasteiger partial charge in [0.1, 0.15) is 24.1 Å². The van der Waals surface area contributed by atoms with E-state index in [0.717, 1.165) is 16.4 Å². The molecule has 0 aromatic heterocycles. The third-order valence-electron chi connectivity index (χ3n) is 6.12. The largest absolute Gasteiger partial charge is 0.486 e. The van der Waals surface area contributed by atoms with Gasteiger partial charge in [0.2, 0.25) is 0 Å². The first-order valence-corrected chi connectivity index (χ1v) is 13.0.